The number of nitrogens with one attached hydrogen (secondary N) is 1. The largest absolute Gasteiger partial charge is 0.481 e. The van der Waals surface area contributed by atoms with Crippen molar-refractivity contribution >= 4 is 29.3 Å². The van der Waals surface area contributed by atoms with E-state index in [0.29, 0.717) is 5.56 Å². The second kappa shape index (κ2) is 8.29. The molecule has 25 heavy (non-hydrogen) atoms. The Bertz CT molecular complexity index is 774. The van der Waals surface area contributed by atoms with Gasteiger partial charge >= 0.3 is 11.7 Å². The number of thioether (sulfide) groups is 1. The van der Waals surface area contributed by atoms with Crippen LogP contribution in [0.2, 0.25) is 0 Å². The lowest BCUT2D eigenvalue weighted by molar-refractivity contribution is -0.385. The summed E-state index contributed by atoms with van der Waals surface area (Å²) in [6, 6.07) is 6.51. The smallest absolute Gasteiger partial charge is 0.307 e. The predicted octanol–water partition coefficient (Wildman–Crippen LogP) is 1.85. The van der Waals surface area contributed by atoms with Crippen LogP contribution in [0.15, 0.2) is 41.6 Å². The van der Waals surface area contributed by atoms with Crippen LogP contribution in [0.4, 0.5) is 5.69 Å². The summed E-state index contributed by atoms with van der Waals surface area (Å²) in [7, 11) is 0. The normalized spacial score (nSPS) is 11.7. The van der Waals surface area contributed by atoms with Crippen molar-refractivity contribution in [3.05, 3.63) is 52.3 Å². The summed E-state index contributed by atoms with van der Waals surface area (Å²) in [4.78, 5) is 34.3. The molecule has 132 valence electrons. The van der Waals surface area contributed by atoms with Crippen LogP contribution in [-0.4, -0.2) is 37.9 Å². The van der Waals surface area contributed by atoms with E-state index in [-0.39, 0.29) is 18.7 Å². The zero-order valence-corrected chi connectivity index (χ0v) is 14.1. The first kappa shape index (κ1) is 18.5. The number of carbonyl (C=O) groups is 2. The van der Waals surface area contributed by atoms with Gasteiger partial charge in [-0.15, -0.1) is 11.8 Å². The van der Waals surface area contributed by atoms with E-state index in [9.17, 15) is 19.7 Å². The van der Waals surface area contributed by atoms with Crippen LogP contribution in [0.3, 0.4) is 0 Å². The van der Waals surface area contributed by atoms with Gasteiger partial charge in [-0.05, 0) is 24.0 Å². The fraction of sp³-hybridized carbons (Fsp3) is 0.267. The Balaban J connectivity index is 2.07. The number of nitrogens with zero attached hydrogens (tertiary/aromatic N) is 3. The topological polar surface area (TPSA) is 127 Å². The van der Waals surface area contributed by atoms with Crippen molar-refractivity contribution in [2.24, 2.45) is 0 Å². The minimum absolute atomic E-state index is 0.220. The SMILES string of the molecule is CSc1ccc(C(CC(=O)O)NC(=O)Cn2cc([N+](=O)[O-])cn2)cc1. The van der Waals surface area contributed by atoms with E-state index in [2.05, 4.69) is 10.4 Å². The van der Waals surface area contributed by atoms with Crippen LogP contribution in [-0.2, 0) is 16.1 Å². The minimum atomic E-state index is -1.05. The van der Waals surface area contributed by atoms with Crippen LogP contribution in [0.5, 0.6) is 0 Å². The molecule has 0 spiro atoms. The minimum Gasteiger partial charge on any atom is -0.481 e. The van der Waals surface area contributed by atoms with Crippen LogP contribution in [0.25, 0.3) is 0 Å². The van der Waals surface area contributed by atoms with E-state index in [4.69, 9.17) is 5.11 Å². The summed E-state index contributed by atoms with van der Waals surface area (Å²) >= 11 is 1.55. The first-order valence-electron chi connectivity index (χ1n) is 7.21. The van der Waals surface area contributed by atoms with Crippen molar-refractivity contribution in [1.29, 1.82) is 0 Å². The van der Waals surface area contributed by atoms with E-state index in [0.717, 1.165) is 22.0 Å². The molecule has 0 bridgehead atoms. The molecule has 9 nitrogen and oxygen atoms in total. The highest BCUT2D eigenvalue weighted by atomic mass is 32.2. The maximum atomic E-state index is 12.1. The van der Waals surface area contributed by atoms with Gasteiger partial charge in [-0.3, -0.25) is 24.4 Å². The molecule has 0 aliphatic rings. The summed E-state index contributed by atoms with van der Waals surface area (Å²) in [5, 5.41) is 26.1. The molecule has 1 unspecified atom stereocenters. The highest BCUT2D eigenvalue weighted by Crippen LogP contribution is 2.21. The number of rotatable bonds is 8. The van der Waals surface area contributed by atoms with E-state index < -0.39 is 22.8 Å². The van der Waals surface area contributed by atoms with Crippen LogP contribution in [0, 0.1) is 10.1 Å². The van der Waals surface area contributed by atoms with Gasteiger partial charge in [0.05, 0.1) is 17.4 Å². The van der Waals surface area contributed by atoms with Gasteiger partial charge in [-0.25, -0.2) is 0 Å². The molecule has 1 heterocycles. The average Bonchev–Trinajstić information content (AvgIpc) is 3.02. The maximum Gasteiger partial charge on any atom is 0.307 e. The highest BCUT2D eigenvalue weighted by Gasteiger charge is 2.19. The summed E-state index contributed by atoms with van der Waals surface area (Å²) < 4.78 is 1.13. The Morgan fingerprint density at radius 2 is 2.08 bits per heavy atom. The third-order valence-corrected chi connectivity index (χ3v) is 4.11. The van der Waals surface area contributed by atoms with Crippen molar-refractivity contribution in [2.75, 3.05) is 6.26 Å². The summed E-state index contributed by atoms with van der Waals surface area (Å²) in [5.74, 6) is -1.54. The number of aliphatic carboxylic acids is 1. The molecule has 0 aliphatic heterocycles. The molecule has 0 aliphatic carbocycles. The summed E-state index contributed by atoms with van der Waals surface area (Å²) in [6.45, 7) is -0.243. The molecule has 1 atom stereocenters. The quantitative estimate of drug-likeness (QED) is 0.415. The van der Waals surface area contributed by atoms with Crippen LogP contribution < -0.4 is 5.32 Å². The Kier molecular flexibility index (Phi) is 6.12. The van der Waals surface area contributed by atoms with Crippen molar-refractivity contribution in [3.63, 3.8) is 0 Å². The number of benzene rings is 1. The molecular formula is C15H16N4O5S. The van der Waals surface area contributed by atoms with Gasteiger partial charge in [0, 0.05) is 4.90 Å². The molecule has 0 fully saturated rings. The van der Waals surface area contributed by atoms with Crippen LogP contribution >= 0.6 is 11.8 Å². The fourth-order valence-electron chi connectivity index (χ4n) is 2.18. The Morgan fingerprint density at radius 1 is 1.40 bits per heavy atom. The lowest BCUT2D eigenvalue weighted by Crippen LogP contribution is -2.33. The van der Waals surface area contributed by atoms with Crippen molar-refractivity contribution < 1.29 is 19.6 Å². The summed E-state index contributed by atoms with van der Waals surface area (Å²) in [6.07, 6.45) is 3.83. The maximum absolute atomic E-state index is 12.1. The van der Waals surface area contributed by atoms with Gasteiger partial charge in [-0.2, -0.15) is 5.10 Å². The molecule has 2 rings (SSSR count). The highest BCUT2D eigenvalue weighted by molar-refractivity contribution is 7.98. The Morgan fingerprint density at radius 3 is 2.60 bits per heavy atom. The van der Waals surface area contributed by atoms with Gasteiger partial charge in [0.25, 0.3) is 0 Å². The van der Waals surface area contributed by atoms with Gasteiger partial charge in [0.1, 0.15) is 18.9 Å². The number of nitro groups is 1. The number of aromatic nitrogens is 2. The molecule has 0 saturated carbocycles. The third-order valence-electron chi connectivity index (χ3n) is 3.37. The first-order valence-corrected chi connectivity index (χ1v) is 8.43. The van der Waals surface area contributed by atoms with Crippen molar-refractivity contribution in [1.82, 2.24) is 15.1 Å². The molecule has 1 amide bonds. The Hall–Kier alpha value is -2.88. The van der Waals surface area contributed by atoms with Crippen molar-refractivity contribution in [2.45, 2.75) is 23.9 Å². The molecule has 0 saturated heterocycles. The molecule has 1 aromatic carbocycles. The third kappa shape index (κ3) is 5.31. The number of carboxylic acid groups (broad SMARTS) is 1. The standard InChI is InChI=1S/C15H16N4O5S/c1-25-12-4-2-10(3-5-12)13(6-15(21)22)17-14(20)9-18-8-11(7-16-18)19(23)24/h2-5,7-8,13H,6,9H2,1H3,(H,17,20)(H,21,22). The van der Waals surface area contributed by atoms with E-state index >= 15 is 0 Å². The fourth-order valence-corrected chi connectivity index (χ4v) is 2.59. The number of amides is 1. The molecular weight excluding hydrogens is 348 g/mol. The Labute approximate surface area is 147 Å². The molecule has 2 N–H and O–H groups in total. The van der Waals surface area contributed by atoms with Crippen molar-refractivity contribution in [3.8, 4) is 0 Å². The predicted molar refractivity (Wildman–Crippen MR) is 90.2 cm³/mol. The zero-order chi connectivity index (χ0) is 18.4. The molecule has 0 radical (unpaired) electrons. The second-order valence-electron chi connectivity index (χ2n) is 5.14. The lowest BCUT2D eigenvalue weighted by Gasteiger charge is -2.17. The van der Waals surface area contributed by atoms with Gasteiger partial charge < -0.3 is 10.4 Å². The number of carboxylic acids is 1. The van der Waals surface area contributed by atoms with E-state index in [1.807, 2.05) is 18.4 Å². The number of carbonyl (C=O) groups excluding carboxylic acids is 1. The average molecular weight is 364 g/mol. The monoisotopic (exact) mass is 364 g/mol. The van der Waals surface area contributed by atoms with E-state index in [1.54, 1.807) is 23.9 Å². The van der Waals surface area contributed by atoms with Gasteiger partial charge in [0.15, 0.2) is 0 Å². The molecule has 1 aromatic heterocycles. The first-order chi connectivity index (χ1) is 11.9. The second-order valence-corrected chi connectivity index (χ2v) is 6.02. The molecule has 10 heteroatoms. The molecule has 2 aromatic rings. The zero-order valence-electron chi connectivity index (χ0n) is 13.3. The van der Waals surface area contributed by atoms with Gasteiger partial charge in [-0.1, -0.05) is 12.1 Å². The van der Waals surface area contributed by atoms with Gasteiger partial charge in [0.2, 0.25) is 5.91 Å². The number of hydrogen-bond donors (Lipinski definition) is 2. The lowest BCUT2D eigenvalue weighted by atomic mass is 10.0. The summed E-state index contributed by atoms with van der Waals surface area (Å²) in [5.41, 5.74) is 0.447. The number of hydrogen-bond acceptors (Lipinski definition) is 6. The van der Waals surface area contributed by atoms with Crippen LogP contribution in [0.1, 0.15) is 18.0 Å². The van der Waals surface area contributed by atoms with E-state index in [1.165, 1.54) is 0 Å².